The summed E-state index contributed by atoms with van der Waals surface area (Å²) in [5.74, 6) is -0.0685. The number of hydrogen-bond acceptors (Lipinski definition) is 4. The summed E-state index contributed by atoms with van der Waals surface area (Å²) >= 11 is 0. The van der Waals surface area contributed by atoms with Crippen molar-refractivity contribution in [3.8, 4) is 0 Å². The minimum Gasteiger partial charge on any atom is -0.307 e. The van der Waals surface area contributed by atoms with Crippen molar-refractivity contribution in [2.75, 3.05) is 11.1 Å². The smallest absolute Gasteiger partial charge is 0.258 e. The van der Waals surface area contributed by atoms with Crippen LogP contribution in [0.25, 0.3) is 0 Å². The van der Waals surface area contributed by atoms with Gasteiger partial charge in [-0.05, 0) is 43.2 Å². The fraction of sp³-hybridized carbons (Fsp3) is 0.250. The van der Waals surface area contributed by atoms with Crippen LogP contribution >= 0.6 is 0 Å². The van der Waals surface area contributed by atoms with Gasteiger partial charge in [-0.25, -0.2) is 13.4 Å². The van der Waals surface area contributed by atoms with Gasteiger partial charge in [-0.1, -0.05) is 19.1 Å². The Morgan fingerprint density at radius 1 is 1.23 bits per heavy atom. The molecule has 1 aromatic heterocycles. The first-order valence-electron chi connectivity index (χ1n) is 7.00. The molecule has 0 atom stereocenters. The van der Waals surface area contributed by atoms with E-state index in [4.69, 9.17) is 0 Å². The second-order valence-corrected chi connectivity index (χ2v) is 7.07. The highest BCUT2D eigenvalue weighted by molar-refractivity contribution is 7.91. The Labute approximate surface area is 130 Å². The number of aromatic nitrogens is 1. The summed E-state index contributed by atoms with van der Waals surface area (Å²) in [4.78, 5) is 16.5. The number of pyridine rings is 1. The summed E-state index contributed by atoms with van der Waals surface area (Å²) in [6, 6.07) is 9.77. The van der Waals surface area contributed by atoms with Crippen LogP contribution in [0.4, 0.5) is 5.82 Å². The van der Waals surface area contributed by atoms with Crippen molar-refractivity contribution in [1.29, 1.82) is 0 Å². The Bertz CT molecular complexity index is 785. The SMILES string of the molecule is CCCS(=O)(=O)c1ccccc1C(=O)Nc1cc(C)ccn1. The predicted octanol–water partition coefficient (Wildman–Crippen LogP) is 2.83. The average molecular weight is 318 g/mol. The molecule has 2 rings (SSSR count). The van der Waals surface area contributed by atoms with Crippen LogP contribution in [0.2, 0.25) is 0 Å². The quantitative estimate of drug-likeness (QED) is 0.919. The van der Waals surface area contributed by atoms with E-state index in [9.17, 15) is 13.2 Å². The van der Waals surface area contributed by atoms with Gasteiger partial charge in [0.2, 0.25) is 0 Å². The van der Waals surface area contributed by atoms with Crippen molar-refractivity contribution < 1.29 is 13.2 Å². The molecule has 116 valence electrons. The molecule has 0 saturated heterocycles. The molecule has 0 bridgehead atoms. The van der Waals surface area contributed by atoms with Crippen molar-refractivity contribution >= 4 is 21.6 Å². The van der Waals surface area contributed by atoms with Crippen LogP contribution in [0.5, 0.6) is 0 Å². The number of carbonyl (C=O) groups excluding carboxylic acids is 1. The molecule has 0 aliphatic rings. The number of rotatable bonds is 5. The highest BCUT2D eigenvalue weighted by Gasteiger charge is 2.21. The molecule has 0 aliphatic heterocycles. The number of sulfone groups is 1. The molecule has 0 radical (unpaired) electrons. The summed E-state index contributed by atoms with van der Waals surface area (Å²) in [5.41, 5.74) is 1.09. The van der Waals surface area contributed by atoms with Crippen molar-refractivity contribution in [3.63, 3.8) is 0 Å². The van der Waals surface area contributed by atoms with E-state index in [1.807, 2.05) is 13.0 Å². The summed E-state index contributed by atoms with van der Waals surface area (Å²) in [6.07, 6.45) is 2.09. The second kappa shape index (κ2) is 6.70. The van der Waals surface area contributed by atoms with E-state index in [2.05, 4.69) is 10.3 Å². The Kier molecular flexibility index (Phi) is 4.92. The monoisotopic (exact) mass is 318 g/mol. The zero-order valence-electron chi connectivity index (χ0n) is 12.5. The second-order valence-electron chi connectivity index (χ2n) is 4.99. The number of nitrogens with one attached hydrogen (secondary N) is 1. The van der Waals surface area contributed by atoms with Crippen LogP contribution < -0.4 is 5.32 Å². The van der Waals surface area contributed by atoms with E-state index in [0.29, 0.717) is 12.2 Å². The van der Waals surface area contributed by atoms with Crippen LogP contribution in [0, 0.1) is 6.92 Å². The van der Waals surface area contributed by atoms with E-state index in [1.165, 1.54) is 12.1 Å². The summed E-state index contributed by atoms with van der Waals surface area (Å²) in [5, 5.41) is 2.64. The molecule has 1 heterocycles. The topological polar surface area (TPSA) is 76.1 Å². The van der Waals surface area contributed by atoms with Gasteiger partial charge in [0.15, 0.2) is 9.84 Å². The highest BCUT2D eigenvalue weighted by atomic mass is 32.2. The van der Waals surface area contributed by atoms with Crippen molar-refractivity contribution in [2.45, 2.75) is 25.2 Å². The number of benzene rings is 1. The van der Waals surface area contributed by atoms with E-state index in [1.54, 1.807) is 31.3 Å². The molecule has 0 spiro atoms. The standard InChI is InChI=1S/C16H18N2O3S/c1-3-10-22(20,21)14-7-5-4-6-13(14)16(19)18-15-11-12(2)8-9-17-15/h4-9,11H,3,10H2,1-2H3,(H,17,18,19). The molecule has 0 aliphatic carbocycles. The number of nitrogens with zero attached hydrogens (tertiary/aromatic N) is 1. The molecule has 0 fully saturated rings. The fourth-order valence-corrected chi connectivity index (χ4v) is 3.63. The van der Waals surface area contributed by atoms with Gasteiger partial charge >= 0.3 is 0 Å². The highest BCUT2D eigenvalue weighted by Crippen LogP contribution is 2.19. The largest absolute Gasteiger partial charge is 0.307 e. The molecule has 1 N–H and O–H groups in total. The molecular weight excluding hydrogens is 300 g/mol. The maximum absolute atomic E-state index is 12.4. The Morgan fingerprint density at radius 2 is 1.95 bits per heavy atom. The zero-order chi connectivity index (χ0) is 16.2. The van der Waals surface area contributed by atoms with Gasteiger partial charge in [0.05, 0.1) is 16.2 Å². The first-order valence-corrected chi connectivity index (χ1v) is 8.65. The Hall–Kier alpha value is -2.21. The molecule has 2 aromatic rings. The predicted molar refractivity (Wildman–Crippen MR) is 85.7 cm³/mol. The summed E-state index contributed by atoms with van der Waals surface area (Å²) < 4.78 is 24.5. The van der Waals surface area contributed by atoms with Gasteiger partial charge in [-0.15, -0.1) is 0 Å². The van der Waals surface area contributed by atoms with Crippen LogP contribution in [-0.2, 0) is 9.84 Å². The van der Waals surface area contributed by atoms with Crippen LogP contribution in [0.3, 0.4) is 0 Å². The van der Waals surface area contributed by atoms with E-state index in [-0.39, 0.29) is 16.2 Å². The van der Waals surface area contributed by atoms with Crippen molar-refractivity contribution in [2.24, 2.45) is 0 Å². The summed E-state index contributed by atoms with van der Waals surface area (Å²) in [6.45, 7) is 3.67. The number of carbonyl (C=O) groups is 1. The Morgan fingerprint density at radius 3 is 2.64 bits per heavy atom. The number of anilines is 1. The van der Waals surface area contributed by atoms with Gasteiger partial charge in [0.25, 0.3) is 5.91 Å². The van der Waals surface area contributed by atoms with E-state index >= 15 is 0 Å². The lowest BCUT2D eigenvalue weighted by Crippen LogP contribution is -2.18. The minimum atomic E-state index is -3.47. The number of amides is 1. The lowest BCUT2D eigenvalue weighted by molar-refractivity contribution is 0.102. The molecule has 0 unspecified atom stereocenters. The normalized spacial score (nSPS) is 11.2. The maximum atomic E-state index is 12.4. The average Bonchev–Trinajstić information content (AvgIpc) is 2.47. The van der Waals surface area contributed by atoms with Gasteiger partial charge in [0, 0.05) is 6.20 Å². The lowest BCUT2D eigenvalue weighted by Gasteiger charge is -2.10. The first kappa shape index (κ1) is 16.2. The molecular formula is C16H18N2O3S. The number of aryl methyl sites for hydroxylation is 1. The van der Waals surface area contributed by atoms with E-state index in [0.717, 1.165) is 5.56 Å². The molecule has 1 aromatic carbocycles. The van der Waals surface area contributed by atoms with Crippen molar-refractivity contribution in [1.82, 2.24) is 4.98 Å². The summed E-state index contributed by atoms with van der Waals surface area (Å²) in [7, 11) is -3.47. The van der Waals surface area contributed by atoms with Gasteiger partial charge in [-0.2, -0.15) is 0 Å². The van der Waals surface area contributed by atoms with Crippen LogP contribution in [0.1, 0.15) is 29.3 Å². The number of hydrogen-bond donors (Lipinski definition) is 1. The lowest BCUT2D eigenvalue weighted by atomic mass is 10.2. The maximum Gasteiger partial charge on any atom is 0.258 e. The van der Waals surface area contributed by atoms with Crippen molar-refractivity contribution in [3.05, 3.63) is 53.7 Å². The van der Waals surface area contributed by atoms with Crippen LogP contribution in [-0.4, -0.2) is 25.1 Å². The third-order valence-corrected chi connectivity index (χ3v) is 5.07. The molecule has 0 saturated carbocycles. The molecule has 6 heteroatoms. The third kappa shape index (κ3) is 3.71. The fourth-order valence-electron chi connectivity index (χ4n) is 2.09. The molecule has 5 nitrogen and oxygen atoms in total. The zero-order valence-corrected chi connectivity index (χ0v) is 13.4. The van der Waals surface area contributed by atoms with Gasteiger partial charge in [0.1, 0.15) is 5.82 Å². The van der Waals surface area contributed by atoms with Gasteiger partial charge in [-0.3, -0.25) is 4.79 Å². The molecule has 22 heavy (non-hydrogen) atoms. The minimum absolute atomic E-state index is 0.0139. The molecule has 1 amide bonds. The first-order chi connectivity index (χ1) is 10.4. The van der Waals surface area contributed by atoms with E-state index < -0.39 is 15.7 Å². The third-order valence-electron chi connectivity index (χ3n) is 3.10. The Balaban J connectivity index is 2.35. The van der Waals surface area contributed by atoms with Crippen LogP contribution in [0.15, 0.2) is 47.5 Å². The van der Waals surface area contributed by atoms with Gasteiger partial charge < -0.3 is 5.32 Å².